The van der Waals surface area contributed by atoms with Gasteiger partial charge in [0.1, 0.15) is 0 Å². The zero-order valence-electron chi connectivity index (χ0n) is 14.2. The van der Waals surface area contributed by atoms with Crippen molar-refractivity contribution in [3.05, 3.63) is 52.0 Å². The number of nitrogens with one attached hydrogen (secondary N) is 2. The van der Waals surface area contributed by atoms with Gasteiger partial charge >= 0.3 is 0 Å². The van der Waals surface area contributed by atoms with Gasteiger partial charge in [0.05, 0.1) is 33.7 Å². The summed E-state index contributed by atoms with van der Waals surface area (Å²) in [5.74, 6) is -0.530. The summed E-state index contributed by atoms with van der Waals surface area (Å²) >= 11 is 13.5. The molecule has 0 aromatic heterocycles. The largest absolute Gasteiger partial charge is 0.332 e. The average molecular weight is 424 g/mol. The molecule has 0 unspecified atom stereocenters. The SMILES string of the molecule is CN(CC(=O)Nc1c(Cl)cccc1Cl)C(=O)c1ccc2c(c1)NC(=O)CS2. The van der Waals surface area contributed by atoms with Crippen molar-refractivity contribution >= 4 is 64.1 Å². The number of para-hydroxylation sites is 1. The van der Waals surface area contributed by atoms with Crippen molar-refractivity contribution in [2.45, 2.75) is 4.90 Å². The van der Waals surface area contributed by atoms with Gasteiger partial charge in [-0.3, -0.25) is 14.4 Å². The molecule has 2 N–H and O–H groups in total. The molecule has 1 aliphatic heterocycles. The Morgan fingerprint density at radius 2 is 1.93 bits per heavy atom. The summed E-state index contributed by atoms with van der Waals surface area (Å²) in [6.07, 6.45) is 0. The van der Waals surface area contributed by atoms with E-state index in [1.807, 2.05) is 0 Å². The molecule has 3 amide bonds. The van der Waals surface area contributed by atoms with Crippen molar-refractivity contribution < 1.29 is 14.4 Å². The predicted octanol–water partition coefficient (Wildman–Crippen LogP) is 3.75. The Kier molecular flexibility index (Phi) is 5.94. The number of carbonyl (C=O) groups excluding carboxylic acids is 3. The van der Waals surface area contributed by atoms with E-state index in [2.05, 4.69) is 10.6 Å². The summed E-state index contributed by atoms with van der Waals surface area (Å²) in [7, 11) is 1.52. The third-order valence-electron chi connectivity index (χ3n) is 3.81. The predicted molar refractivity (Wildman–Crippen MR) is 108 cm³/mol. The summed E-state index contributed by atoms with van der Waals surface area (Å²) in [6.45, 7) is -0.182. The first kappa shape index (κ1) is 19.5. The molecule has 0 fully saturated rings. The first-order valence-electron chi connectivity index (χ1n) is 7.91. The second kappa shape index (κ2) is 8.21. The number of amides is 3. The Bertz CT molecular complexity index is 916. The van der Waals surface area contributed by atoms with Gasteiger partial charge in [0, 0.05) is 17.5 Å². The number of anilines is 2. The van der Waals surface area contributed by atoms with Gasteiger partial charge in [0.25, 0.3) is 5.91 Å². The van der Waals surface area contributed by atoms with Crippen LogP contribution in [0.2, 0.25) is 10.0 Å². The number of nitrogens with zero attached hydrogens (tertiary/aromatic N) is 1. The van der Waals surface area contributed by atoms with Crippen LogP contribution in [0.25, 0.3) is 0 Å². The third-order valence-corrected chi connectivity index (χ3v) is 5.52. The standard InChI is InChI=1S/C18H15Cl2N3O3S/c1-23(8-15(24)22-17-11(19)3-2-4-12(17)20)18(26)10-5-6-14-13(7-10)21-16(25)9-27-14/h2-7H,8-9H2,1H3,(H,21,25)(H,22,24). The van der Waals surface area contributed by atoms with Gasteiger partial charge in [-0.05, 0) is 30.3 Å². The molecule has 0 bridgehead atoms. The van der Waals surface area contributed by atoms with E-state index in [1.54, 1.807) is 36.4 Å². The molecular formula is C18H15Cl2N3O3S. The Morgan fingerprint density at radius 1 is 1.22 bits per heavy atom. The lowest BCUT2D eigenvalue weighted by Gasteiger charge is -2.20. The van der Waals surface area contributed by atoms with Gasteiger partial charge in [0.2, 0.25) is 11.8 Å². The molecule has 2 aromatic carbocycles. The number of rotatable bonds is 4. The van der Waals surface area contributed by atoms with Crippen LogP contribution >= 0.6 is 35.0 Å². The zero-order valence-corrected chi connectivity index (χ0v) is 16.5. The van der Waals surface area contributed by atoms with Crippen LogP contribution in [0.5, 0.6) is 0 Å². The number of thioether (sulfide) groups is 1. The van der Waals surface area contributed by atoms with E-state index in [0.717, 1.165) is 4.90 Å². The van der Waals surface area contributed by atoms with E-state index in [4.69, 9.17) is 23.2 Å². The number of likely N-dealkylation sites (N-methyl/N-ethyl adjacent to an activating group) is 1. The van der Waals surface area contributed by atoms with Crippen molar-refractivity contribution in [3.63, 3.8) is 0 Å². The summed E-state index contributed by atoms with van der Waals surface area (Å²) in [5, 5.41) is 5.98. The average Bonchev–Trinajstić information content (AvgIpc) is 2.63. The Balaban J connectivity index is 1.68. The van der Waals surface area contributed by atoms with E-state index >= 15 is 0 Å². The molecule has 0 atom stereocenters. The van der Waals surface area contributed by atoms with Crippen LogP contribution in [0.1, 0.15) is 10.4 Å². The maximum absolute atomic E-state index is 12.6. The molecule has 27 heavy (non-hydrogen) atoms. The van der Waals surface area contributed by atoms with E-state index in [9.17, 15) is 14.4 Å². The maximum Gasteiger partial charge on any atom is 0.254 e. The van der Waals surface area contributed by atoms with Gasteiger partial charge in [-0.15, -0.1) is 11.8 Å². The van der Waals surface area contributed by atoms with Crippen LogP contribution in [0.3, 0.4) is 0 Å². The minimum atomic E-state index is -0.428. The molecule has 140 valence electrons. The molecule has 0 saturated heterocycles. The Hall–Kier alpha value is -2.22. The van der Waals surface area contributed by atoms with Crippen LogP contribution in [0, 0.1) is 0 Å². The van der Waals surface area contributed by atoms with Crippen LogP contribution in [0.15, 0.2) is 41.3 Å². The van der Waals surface area contributed by atoms with Crippen molar-refractivity contribution in [3.8, 4) is 0 Å². The van der Waals surface area contributed by atoms with E-state index in [0.29, 0.717) is 32.7 Å². The number of hydrogen-bond acceptors (Lipinski definition) is 4. The summed E-state index contributed by atoms with van der Waals surface area (Å²) in [6, 6.07) is 9.95. The topological polar surface area (TPSA) is 78.5 Å². The smallest absolute Gasteiger partial charge is 0.254 e. The fraction of sp³-hybridized carbons (Fsp3) is 0.167. The molecule has 3 rings (SSSR count). The van der Waals surface area contributed by atoms with Crippen LogP contribution in [-0.4, -0.2) is 42.0 Å². The van der Waals surface area contributed by atoms with Gasteiger partial charge in [-0.2, -0.15) is 0 Å². The summed E-state index contributed by atoms with van der Waals surface area (Å²) in [4.78, 5) is 38.6. The number of carbonyl (C=O) groups is 3. The highest BCUT2D eigenvalue weighted by Crippen LogP contribution is 2.32. The fourth-order valence-electron chi connectivity index (χ4n) is 2.52. The minimum Gasteiger partial charge on any atom is -0.332 e. The molecular weight excluding hydrogens is 409 g/mol. The lowest BCUT2D eigenvalue weighted by atomic mass is 10.1. The van der Waals surface area contributed by atoms with E-state index in [1.165, 1.54) is 23.7 Å². The summed E-state index contributed by atoms with van der Waals surface area (Å²) < 4.78 is 0. The monoisotopic (exact) mass is 423 g/mol. The molecule has 1 heterocycles. The van der Waals surface area contributed by atoms with Crippen LogP contribution in [-0.2, 0) is 9.59 Å². The quantitative estimate of drug-likeness (QED) is 0.784. The van der Waals surface area contributed by atoms with Crippen LogP contribution in [0.4, 0.5) is 11.4 Å². The normalized spacial score (nSPS) is 12.8. The number of hydrogen-bond donors (Lipinski definition) is 2. The van der Waals surface area contributed by atoms with Crippen molar-refractivity contribution in [1.82, 2.24) is 4.90 Å². The van der Waals surface area contributed by atoms with Crippen molar-refractivity contribution in [2.75, 3.05) is 30.0 Å². The highest BCUT2D eigenvalue weighted by atomic mass is 35.5. The molecule has 0 saturated carbocycles. The Morgan fingerprint density at radius 3 is 2.63 bits per heavy atom. The first-order chi connectivity index (χ1) is 12.8. The zero-order chi connectivity index (χ0) is 19.6. The Labute approximate surface area is 170 Å². The fourth-order valence-corrected chi connectivity index (χ4v) is 3.80. The number of fused-ring (bicyclic) bond motifs is 1. The highest BCUT2D eigenvalue weighted by Gasteiger charge is 2.20. The van der Waals surface area contributed by atoms with Gasteiger partial charge in [-0.25, -0.2) is 0 Å². The second-order valence-corrected chi connectivity index (χ2v) is 7.69. The first-order valence-corrected chi connectivity index (χ1v) is 9.65. The molecule has 1 aliphatic rings. The molecule has 2 aromatic rings. The number of benzene rings is 2. The second-order valence-electron chi connectivity index (χ2n) is 5.85. The third kappa shape index (κ3) is 4.55. The van der Waals surface area contributed by atoms with E-state index < -0.39 is 5.91 Å². The van der Waals surface area contributed by atoms with Crippen molar-refractivity contribution in [2.24, 2.45) is 0 Å². The van der Waals surface area contributed by atoms with Gasteiger partial charge < -0.3 is 15.5 Å². The minimum absolute atomic E-state index is 0.110. The lowest BCUT2D eigenvalue weighted by molar-refractivity contribution is -0.116. The molecule has 0 spiro atoms. The van der Waals surface area contributed by atoms with Crippen molar-refractivity contribution in [1.29, 1.82) is 0 Å². The molecule has 0 radical (unpaired) electrons. The molecule has 6 nitrogen and oxygen atoms in total. The number of halogens is 2. The lowest BCUT2D eigenvalue weighted by Crippen LogP contribution is -2.35. The van der Waals surface area contributed by atoms with E-state index in [-0.39, 0.29) is 18.4 Å². The highest BCUT2D eigenvalue weighted by molar-refractivity contribution is 8.00. The van der Waals surface area contributed by atoms with Crippen LogP contribution < -0.4 is 10.6 Å². The maximum atomic E-state index is 12.6. The summed E-state index contributed by atoms with van der Waals surface area (Å²) in [5.41, 5.74) is 1.28. The van der Waals surface area contributed by atoms with Gasteiger partial charge in [0.15, 0.2) is 0 Å². The molecule has 0 aliphatic carbocycles. The molecule has 9 heteroatoms. The van der Waals surface area contributed by atoms with Gasteiger partial charge in [-0.1, -0.05) is 29.3 Å².